The molecule has 1 aromatic rings. The maximum absolute atomic E-state index is 12.3. The Balaban J connectivity index is 2.20. The van der Waals surface area contributed by atoms with Crippen molar-refractivity contribution in [1.82, 2.24) is 4.90 Å². The molecule has 1 aliphatic rings. The van der Waals surface area contributed by atoms with Crippen LogP contribution in [0.5, 0.6) is 5.75 Å². The van der Waals surface area contributed by atoms with E-state index in [2.05, 4.69) is 5.16 Å². The van der Waals surface area contributed by atoms with E-state index in [0.29, 0.717) is 31.6 Å². The van der Waals surface area contributed by atoms with Crippen molar-refractivity contribution in [3.05, 3.63) is 33.9 Å². The van der Waals surface area contributed by atoms with Gasteiger partial charge in [-0.15, -0.1) is 0 Å². The minimum absolute atomic E-state index is 0.116. The number of rotatable bonds is 3. The second-order valence-corrected chi connectivity index (χ2v) is 4.60. The first-order chi connectivity index (χ1) is 10.1. The van der Waals surface area contributed by atoms with Gasteiger partial charge in [-0.05, 0) is 12.1 Å². The van der Waals surface area contributed by atoms with Crippen LogP contribution < -0.4 is 4.74 Å². The van der Waals surface area contributed by atoms with E-state index in [-0.39, 0.29) is 22.9 Å². The van der Waals surface area contributed by atoms with Gasteiger partial charge in [-0.2, -0.15) is 0 Å². The molecule has 1 amide bonds. The SMILES string of the molecule is COc1ccc(C(=O)N2CCC(=NO)CC2)cc1[N+](=O)[O-]. The lowest BCUT2D eigenvalue weighted by Crippen LogP contribution is -2.38. The summed E-state index contributed by atoms with van der Waals surface area (Å²) in [5.74, 6) is -0.164. The Morgan fingerprint density at radius 2 is 2.10 bits per heavy atom. The molecular weight excluding hydrogens is 278 g/mol. The molecule has 21 heavy (non-hydrogen) atoms. The van der Waals surface area contributed by atoms with Gasteiger partial charge >= 0.3 is 5.69 Å². The highest BCUT2D eigenvalue weighted by molar-refractivity contribution is 5.96. The summed E-state index contributed by atoms with van der Waals surface area (Å²) >= 11 is 0. The van der Waals surface area contributed by atoms with Crippen LogP contribution in [0.4, 0.5) is 5.69 Å². The zero-order valence-electron chi connectivity index (χ0n) is 11.5. The van der Waals surface area contributed by atoms with Crippen LogP contribution >= 0.6 is 0 Å². The molecule has 0 spiro atoms. The number of benzene rings is 1. The zero-order chi connectivity index (χ0) is 15.4. The maximum atomic E-state index is 12.3. The number of nitrogens with zero attached hydrogens (tertiary/aromatic N) is 3. The van der Waals surface area contributed by atoms with Crippen LogP contribution in [-0.4, -0.2) is 46.8 Å². The number of oxime groups is 1. The molecule has 1 heterocycles. The molecule has 0 radical (unpaired) electrons. The fourth-order valence-corrected chi connectivity index (χ4v) is 2.22. The summed E-state index contributed by atoms with van der Waals surface area (Å²) in [4.78, 5) is 24.3. The fraction of sp³-hybridized carbons (Fsp3) is 0.385. The van der Waals surface area contributed by atoms with E-state index in [4.69, 9.17) is 9.94 Å². The summed E-state index contributed by atoms with van der Waals surface area (Å²) in [7, 11) is 1.34. The number of nitro benzene ring substituents is 1. The van der Waals surface area contributed by atoms with Crippen molar-refractivity contribution in [3.63, 3.8) is 0 Å². The van der Waals surface area contributed by atoms with Crippen LogP contribution in [0.1, 0.15) is 23.2 Å². The van der Waals surface area contributed by atoms with Gasteiger partial charge in [0.2, 0.25) is 0 Å². The molecule has 0 atom stereocenters. The molecule has 112 valence electrons. The van der Waals surface area contributed by atoms with E-state index in [0.717, 1.165) is 0 Å². The lowest BCUT2D eigenvalue weighted by molar-refractivity contribution is -0.385. The van der Waals surface area contributed by atoms with E-state index in [1.807, 2.05) is 0 Å². The van der Waals surface area contributed by atoms with Crippen LogP contribution in [0.2, 0.25) is 0 Å². The average molecular weight is 293 g/mol. The summed E-state index contributed by atoms with van der Waals surface area (Å²) in [5, 5.41) is 22.8. The molecule has 8 heteroatoms. The Labute approximate surface area is 120 Å². The monoisotopic (exact) mass is 293 g/mol. The third-order valence-electron chi connectivity index (χ3n) is 3.39. The van der Waals surface area contributed by atoms with Gasteiger partial charge in [-0.1, -0.05) is 5.16 Å². The number of hydrogen-bond acceptors (Lipinski definition) is 6. The van der Waals surface area contributed by atoms with Gasteiger partial charge in [-0.25, -0.2) is 0 Å². The second-order valence-electron chi connectivity index (χ2n) is 4.60. The summed E-state index contributed by atoms with van der Waals surface area (Å²) in [6.07, 6.45) is 1.00. The Bertz CT molecular complexity index is 589. The average Bonchev–Trinajstić information content (AvgIpc) is 2.53. The van der Waals surface area contributed by atoms with Gasteiger partial charge in [-0.3, -0.25) is 14.9 Å². The molecule has 0 bridgehead atoms. The van der Waals surface area contributed by atoms with Crippen LogP contribution in [0, 0.1) is 10.1 Å². The van der Waals surface area contributed by atoms with E-state index < -0.39 is 4.92 Å². The van der Waals surface area contributed by atoms with Crippen molar-refractivity contribution in [2.24, 2.45) is 5.16 Å². The predicted octanol–water partition coefficient (Wildman–Crippen LogP) is 1.67. The molecular formula is C13H15N3O5. The normalized spacial score (nSPS) is 14.7. The number of amides is 1. The molecule has 0 saturated carbocycles. The Morgan fingerprint density at radius 3 is 2.62 bits per heavy atom. The van der Waals surface area contributed by atoms with Crippen molar-refractivity contribution in [1.29, 1.82) is 0 Å². The largest absolute Gasteiger partial charge is 0.490 e. The quantitative estimate of drug-likeness (QED) is 0.518. The number of carbonyl (C=O) groups excluding carboxylic acids is 1. The third-order valence-corrected chi connectivity index (χ3v) is 3.39. The van der Waals surface area contributed by atoms with Crippen molar-refractivity contribution in [3.8, 4) is 5.75 Å². The van der Waals surface area contributed by atoms with Crippen LogP contribution in [-0.2, 0) is 0 Å². The zero-order valence-corrected chi connectivity index (χ0v) is 11.5. The van der Waals surface area contributed by atoms with Gasteiger partial charge in [0.25, 0.3) is 5.91 Å². The van der Waals surface area contributed by atoms with Gasteiger partial charge < -0.3 is 14.8 Å². The summed E-state index contributed by atoms with van der Waals surface area (Å²) in [6.45, 7) is 0.857. The second kappa shape index (κ2) is 6.21. The molecule has 1 aromatic carbocycles. The van der Waals surface area contributed by atoms with Crippen molar-refractivity contribution < 1.29 is 19.7 Å². The maximum Gasteiger partial charge on any atom is 0.311 e. The highest BCUT2D eigenvalue weighted by Gasteiger charge is 2.24. The molecule has 1 fully saturated rings. The number of nitro groups is 1. The van der Waals surface area contributed by atoms with Crippen molar-refractivity contribution >= 4 is 17.3 Å². The highest BCUT2D eigenvalue weighted by Crippen LogP contribution is 2.28. The molecule has 1 saturated heterocycles. The Kier molecular flexibility index (Phi) is 4.36. The summed E-state index contributed by atoms with van der Waals surface area (Å²) in [6, 6.07) is 4.14. The van der Waals surface area contributed by atoms with Crippen LogP contribution in [0.15, 0.2) is 23.4 Å². The number of hydrogen-bond donors (Lipinski definition) is 1. The highest BCUT2D eigenvalue weighted by atomic mass is 16.6. The molecule has 0 unspecified atom stereocenters. The first-order valence-corrected chi connectivity index (χ1v) is 6.38. The third kappa shape index (κ3) is 3.10. The van der Waals surface area contributed by atoms with E-state index in [9.17, 15) is 14.9 Å². The smallest absolute Gasteiger partial charge is 0.311 e. The number of carbonyl (C=O) groups is 1. The molecule has 2 rings (SSSR count). The van der Waals surface area contributed by atoms with E-state index in [1.165, 1.54) is 25.3 Å². The van der Waals surface area contributed by atoms with Crippen LogP contribution in [0.25, 0.3) is 0 Å². The molecule has 0 aliphatic carbocycles. The minimum Gasteiger partial charge on any atom is -0.490 e. The standard InChI is InChI=1S/C13H15N3O5/c1-21-12-3-2-9(8-11(12)16(19)20)13(17)15-6-4-10(14-18)5-7-15/h2-3,8,18H,4-7H2,1H3. The molecule has 1 aliphatic heterocycles. The number of piperidine rings is 1. The topological polar surface area (TPSA) is 105 Å². The minimum atomic E-state index is -0.581. The molecule has 1 N–H and O–H groups in total. The number of methoxy groups -OCH3 is 1. The summed E-state index contributed by atoms with van der Waals surface area (Å²) < 4.78 is 4.91. The Hall–Kier alpha value is -2.64. The first kappa shape index (κ1) is 14.8. The van der Waals surface area contributed by atoms with Gasteiger partial charge in [0.15, 0.2) is 5.75 Å². The molecule has 8 nitrogen and oxygen atoms in total. The first-order valence-electron chi connectivity index (χ1n) is 6.38. The van der Waals surface area contributed by atoms with Gasteiger partial charge in [0, 0.05) is 37.6 Å². The van der Waals surface area contributed by atoms with E-state index >= 15 is 0 Å². The van der Waals surface area contributed by atoms with Gasteiger partial charge in [0.05, 0.1) is 17.7 Å². The van der Waals surface area contributed by atoms with Crippen LogP contribution in [0.3, 0.4) is 0 Å². The number of likely N-dealkylation sites (tertiary alicyclic amines) is 1. The fourth-order valence-electron chi connectivity index (χ4n) is 2.22. The lowest BCUT2D eigenvalue weighted by atomic mass is 10.1. The van der Waals surface area contributed by atoms with Crippen molar-refractivity contribution in [2.45, 2.75) is 12.8 Å². The molecule has 0 aromatic heterocycles. The predicted molar refractivity (Wildman–Crippen MR) is 74.0 cm³/mol. The van der Waals surface area contributed by atoms with Crippen molar-refractivity contribution in [2.75, 3.05) is 20.2 Å². The lowest BCUT2D eigenvalue weighted by Gasteiger charge is -2.27. The Morgan fingerprint density at radius 1 is 1.43 bits per heavy atom. The van der Waals surface area contributed by atoms with E-state index in [1.54, 1.807) is 4.90 Å². The van der Waals surface area contributed by atoms with Gasteiger partial charge in [0.1, 0.15) is 0 Å². The number of ether oxygens (including phenoxy) is 1. The summed E-state index contributed by atoms with van der Waals surface area (Å²) in [5.41, 5.74) is 0.657.